The molecule has 0 atom stereocenters. The van der Waals surface area contributed by atoms with E-state index in [-0.39, 0.29) is 5.91 Å². The molecule has 4 nitrogen and oxygen atoms in total. The first-order valence-corrected chi connectivity index (χ1v) is 8.49. The number of methoxy groups -OCH3 is 1. The van der Waals surface area contributed by atoms with Gasteiger partial charge < -0.3 is 15.4 Å². The number of ether oxygens (including phenoxy) is 1. The maximum Gasteiger partial charge on any atom is 0.228 e. The third kappa shape index (κ3) is 4.63. The standard InChI is InChI=1S/C22H22N2O2/c1-16-5-3-4-6-21(16)23-18-9-11-19(12-10-18)24-22(25)15-17-7-13-20(26-2)14-8-17/h3-14,23H,15H2,1-2H3,(H,24,25). The van der Waals surface area contributed by atoms with E-state index in [4.69, 9.17) is 4.74 Å². The Balaban J connectivity index is 1.58. The number of aryl methyl sites for hydroxylation is 1. The molecule has 0 aliphatic carbocycles. The number of para-hydroxylation sites is 1. The lowest BCUT2D eigenvalue weighted by Gasteiger charge is -2.11. The van der Waals surface area contributed by atoms with E-state index in [1.807, 2.05) is 66.7 Å². The summed E-state index contributed by atoms with van der Waals surface area (Å²) in [5.41, 5.74) is 4.96. The molecule has 0 radical (unpaired) electrons. The lowest BCUT2D eigenvalue weighted by molar-refractivity contribution is -0.115. The van der Waals surface area contributed by atoms with Crippen LogP contribution in [0, 0.1) is 6.92 Å². The molecule has 0 fully saturated rings. The van der Waals surface area contributed by atoms with Crippen LogP contribution in [0.25, 0.3) is 0 Å². The monoisotopic (exact) mass is 346 g/mol. The molecule has 0 unspecified atom stereocenters. The fourth-order valence-corrected chi connectivity index (χ4v) is 2.64. The van der Waals surface area contributed by atoms with Gasteiger partial charge in [-0.15, -0.1) is 0 Å². The summed E-state index contributed by atoms with van der Waals surface area (Å²) in [6, 6.07) is 23.3. The molecule has 2 N–H and O–H groups in total. The van der Waals surface area contributed by atoms with E-state index in [9.17, 15) is 4.79 Å². The summed E-state index contributed by atoms with van der Waals surface area (Å²) in [5, 5.41) is 6.30. The average molecular weight is 346 g/mol. The van der Waals surface area contributed by atoms with E-state index in [2.05, 4.69) is 23.6 Å². The molecule has 0 saturated carbocycles. The molecule has 0 bridgehead atoms. The number of carbonyl (C=O) groups is 1. The van der Waals surface area contributed by atoms with Crippen LogP contribution in [-0.2, 0) is 11.2 Å². The van der Waals surface area contributed by atoms with Gasteiger partial charge in [-0.1, -0.05) is 30.3 Å². The van der Waals surface area contributed by atoms with Gasteiger partial charge in [0.05, 0.1) is 13.5 Å². The summed E-state index contributed by atoms with van der Waals surface area (Å²) in [4.78, 5) is 12.2. The molecule has 3 rings (SSSR count). The molecule has 0 aliphatic rings. The number of amides is 1. The Labute approximate surface area is 153 Å². The van der Waals surface area contributed by atoms with E-state index in [1.165, 1.54) is 5.56 Å². The Morgan fingerprint density at radius 2 is 1.54 bits per heavy atom. The van der Waals surface area contributed by atoms with Crippen molar-refractivity contribution in [1.82, 2.24) is 0 Å². The number of benzene rings is 3. The summed E-state index contributed by atoms with van der Waals surface area (Å²) < 4.78 is 5.12. The van der Waals surface area contributed by atoms with Crippen molar-refractivity contribution in [3.05, 3.63) is 83.9 Å². The molecule has 4 heteroatoms. The maximum absolute atomic E-state index is 12.2. The fraction of sp³-hybridized carbons (Fsp3) is 0.136. The minimum atomic E-state index is -0.0465. The summed E-state index contributed by atoms with van der Waals surface area (Å²) in [6.45, 7) is 2.07. The van der Waals surface area contributed by atoms with Gasteiger partial charge in [0.15, 0.2) is 0 Å². The van der Waals surface area contributed by atoms with Crippen LogP contribution in [0.1, 0.15) is 11.1 Å². The van der Waals surface area contributed by atoms with Gasteiger partial charge in [-0.2, -0.15) is 0 Å². The fourth-order valence-electron chi connectivity index (χ4n) is 2.64. The first kappa shape index (κ1) is 17.5. The molecule has 0 spiro atoms. The van der Waals surface area contributed by atoms with E-state index >= 15 is 0 Å². The Hall–Kier alpha value is -3.27. The zero-order valence-electron chi connectivity index (χ0n) is 15.0. The zero-order chi connectivity index (χ0) is 18.4. The van der Waals surface area contributed by atoms with Crippen LogP contribution in [0.15, 0.2) is 72.8 Å². The van der Waals surface area contributed by atoms with Crippen molar-refractivity contribution in [1.29, 1.82) is 0 Å². The molecule has 0 aliphatic heterocycles. The molecule has 0 heterocycles. The van der Waals surface area contributed by atoms with Gasteiger partial charge in [-0.05, 0) is 60.5 Å². The number of hydrogen-bond acceptors (Lipinski definition) is 3. The Morgan fingerprint density at radius 1 is 0.885 bits per heavy atom. The van der Waals surface area contributed by atoms with Crippen LogP contribution in [0.3, 0.4) is 0 Å². The molecule has 1 amide bonds. The van der Waals surface area contributed by atoms with Crippen molar-refractivity contribution in [2.24, 2.45) is 0 Å². The largest absolute Gasteiger partial charge is 0.497 e. The van der Waals surface area contributed by atoms with Gasteiger partial charge in [-0.25, -0.2) is 0 Å². The van der Waals surface area contributed by atoms with Crippen molar-refractivity contribution in [2.45, 2.75) is 13.3 Å². The van der Waals surface area contributed by atoms with Crippen LogP contribution in [0.4, 0.5) is 17.1 Å². The van der Waals surface area contributed by atoms with Gasteiger partial charge in [-0.3, -0.25) is 4.79 Å². The van der Waals surface area contributed by atoms with E-state index in [1.54, 1.807) is 7.11 Å². The quantitative estimate of drug-likeness (QED) is 0.665. The highest BCUT2D eigenvalue weighted by molar-refractivity contribution is 5.92. The third-order valence-electron chi connectivity index (χ3n) is 4.12. The van der Waals surface area contributed by atoms with E-state index < -0.39 is 0 Å². The summed E-state index contributed by atoms with van der Waals surface area (Å²) in [5.74, 6) is 0.737. The highest BCUT2D eigenvalue weighted by Crippen LogP contribution is 2.21. The van der Waals surface area contributed by atoms with Gasteiger partial charge in [0.2, 0.25) is 5.91 Å². The molecule has 26 heavy (non-hydrogen) atoms. The summed E-state index contributed by atoms with van der Waals surface area (Å²) in [6.07, 6.45) is 0.327. The maximum atomic E-state index is 12.2. The predicted octanol–water partition coefficient (Wildman–Crippen LogP) is 4.93. The molecule has 0 aromatic heterocycles. The van der Waals surface area contributed by atoms with Crippen molar-refractivity contribution in [2.75, 3.05) is 17.7 Å². The van der Waals surface area contributed by atoms with Crippen molar-refractivity contribution in [3.8, 4) is 5.75 Å². The SMILES string of the molecule is COc1ccc(CC(=O)Nc2ccc(Nc3ccccc3C)cc2)cc1. The molecular weight excluding hydrogens is 324 g/mol. The normalized spacial score (nSPS) is 10.2. The Morgan fingerprint density at radius 3 is 2.19 bits per heavy atom. The van der Waals surface area contributed by atoms with Crippen LogP contribution in [0.2, 0.25) is 0 Å². The van der Waals surface area contributed by atoms with Crippen LogP contribution < -0.4 is 15.4 Å². The number of carbonyl (C=O) groups excluding carboxylic acids is 1. The first-order chi connectivity index (χ1) is 12.6. The minimum absolute atomic E-state index is 0.0465. The summed E-state index contributed by atoms with van der Waals surface area (Å²) >= 11 is 0. The molecule has 132 valence electrons. The lowest BCUT2D eigenvalue weighted by Crippen LogP contribution is -2.14. The Kier molecular flexibility index (Phi) is 5.54. The van der Waals surface area contributed by atoms with Gasteiger partial charge in [0, 0.05) is 17.1 Å². The van der Waals surface area contributed by atoms with E-state index in [0.29, 0.717) is 6.42 Å². The van der Waals surface area contributed by atoms with Gasteiger partial charge in [0.1, 0.15) is 5.75 Å². The average Bonchev–Trinajstić information content (AvgIpc) is 2.66. The van der Waals surface area contributed by atoms with E-state index in [0.717, 1.165) is 28.4 Å². The molecular formula is C22H22N2O2. The van der Waals surface area contributed by atoms with Gasteiger partial charge >= 0.3 is 0 Å². The first-order valence-electron chi connectivity index (χ1n) is 8.49. The number of anilines is 3. The van der Waals surface area contributed by atoms with Crippen molar-refractivity contribution < 1.29 is 9.53 Å². The van der Waals surface area contributed by atoms with Crippen molar-refractivity contribution in [3.63, 3.8) is 0 Å². The number of rotatable bonds is 6. The second kappa shape index (κ2) is 8.21. The van der Waals surface area contributed by atoms with Crippen LogP contribution in [0.5, 0.6) is 5.75 Å². The third-order valence-corrected chi connectivity index (χ3v) is 4.12. The van der Waals surface area contributed by atoms with Crippen LogP contribution >= 0.6 is 0 Å². The second-order valence-electron chi connectivity index (χ2n) is 6.09. The van der Waals surface area contributed by atoms with Crippen molar-refractivity contribution >= 4 is 23.0 Å². The second-order valence-corrected chi connectivity index (χ2v) is 6.09. The smallest absolute Gasteiger partial charge is 0.228 e. The lowest BCUT2D eigenvalue weighted by atomic mass is 10.1. The predicted molar refractivity (Wildman–Crippen MR) is 106 cm³/mol. The Bertz CT molecular complexity index is 871. The topological polar surface area (TPSA) is 50.4 Å². The minimum Gasteiger partial charge on any atom is -0.497 e. The number of hydrogen-bond donors (Lipinski definition) is 2. The highest BCUT2D eigenvalue weighted by Gasteiger charge is 2.05. The highest BCUT2D eigenvalue weighted by atomic mass is 16.5. The number of nitrogens with one attached hydrogen (secondary N) is 2. The molecule has 0 saturated heterocycles. The van der Waals surface area contributed by atoms with Crippen LogP contribution in [-0.4, -0.2) is 13.0 Å². The zero-order valence-corrected chi connectivity index (χ0v) is 15.0. The van der Waals surface area contributed by atoms with Gasteiger partial charge in [0.25, 0.3) is 0 Å². The molecule has 3 aromatic rings. The molecule has 3 aromatic carbocycles. The summed E-state index contributed by atoms with van der Waals surface area (Å²) in [7, 11) is 1.62.